The van der Waals surface area contributed by atoms with E-state index in [1.54, 1.807) is 16.9 Å². The molecule has 0 spiro atoms. The van der Waals surface area contributed by atoms with Crippen LogP contribution in [0.25, 0.3) is 0 Å². The fourth-order valence-electron chi connectivity index (χ4n) is 3.01. The van der Waals surface area contributed by atoms with E-state index in [1.807, 2.05) is 26.0 Å². The zero-order valence-corrected chi connectivity index (χ0v) is 14.2. The molecule has 1 aliphatic rings. The van der Waals surface area contributed by atoms with Crippen molar-refractivity contribution >= 4 is 12.0 Å². The highest BCUT2D eigenvalue weighted by Crippen LogP contribution is 2.26. The Balaban J connectivity index is 2.02. The number of carbonyl (C=O) groups is 2. The summed E-state index contributed by atoms with van der Waals surface area (Å²) < 4.78 is 10.1. The predicted molar refractivity (Wildman–Crippen MR) is 86.7 cm³/mol. The third-order valence-corrected chi connectivity index (χ3v) is 4.11. The van der Waals surface area contributed by atoms with E-state index >= 15 is 0 Å². The van der Waals surface area contributed by atoms with Gasteiger partial charge in [0.25, 0.3) is 0 Å². The number of hydrogen-bond acceptors (Lipinski definition) is 4. The highest BCUT2D eigenvalue weighted by molar-refractivity contribution is 5.80. The van der Waals surface area contributed by atoms with Gasteiger partial charge < -0.3 is 19.3 Å². The van der Waals surface area contributed by atoms with Gasteiger partial charge in [-0.05, 0) is 19.4 Å². The minimum atomic E-state index is -0.340. The second-order valence-corrected chi connectivity index (χ2v) is 5.79. The summed E-state index contributed by atoms with van der Waals surface area (Å²) in [5.74, 6) is 0.829. The molecule has 0 aromatic heterocycles. The van der Waals surface area contributed by atoms with Crippen LogP contribution in [0, 0.1) is 13.8 Å². The maximum Gasteiger partial charge on any atom is 0.409 e. The first-order valence-electron chi connectivity index (χ1n) is 7.71. The summed E-state index contributed by atoms with van der Waals surface area (Å²) in [4.78, 5) is 27.4. The van der Waals surface area contributed by atoms with Crippen LogP contribution in [0.3, 0.4) is 0 Å². The van der Waals surface area contributed by atoms with Gasteiger partial charge in [0.05, 0.1) is 20.6 Å². The molecule has 0 saturated carbocycles. The monoisotopic (exact) mass is 320 g/mol. The minimum Gasteiger partial charge on any atom is -0.496 e. The average Bonchev–Trinajstić information content (AvgIpc) is 2.54. The number of ether oxygens (including phenoxy) is 2. The first-order valence-corrected chi connectivity index (χ1v) is 7.71. The molecule has 0 aliphatic carbocycles. The Hall–Kier alpha value is -2.24. The zero-order valence-electron chi connectivity index (χ0n) is 14.2. The third-order valence-electron chi connectivity index (χ3n) is 4.11. The molecule has 1 aromatic rings. The van der Waals surface area contributed by atoms with Gasteiger partial charge in [-0.25, -0.2) is 4.79 Å². The number of nitrogens with zero attached hydrogens (tertiary/aromatic N) is 2. The summed E-state index contributed by atoms with van der Waals surface area (Å²) in [5.41, 5.74) is 3.05. The molecule has 1 aromatic carbocycles. The standard InChI is InChI=1S/C17H24N2O4/c1-12-9-13(2)16(22-3)14(10-12)11-15(20)18-5-7-19(8-6-18)17(21)23-4/h9-10H,5-8,11H2,1-4H3. The largest absolute Gasteiger partial charge is 0.496 e. The van der Waals surface area contributed by atoms with Crippen molar-refractivity contribution < 1.29 is 19.1 Å². The Kier molecular flexibility index (Phi) is 5.47. The first kappa shape index (κ1) is 17.1. The number of carbonyl (C=O) groups excluding carboxylic acids is 2. The number of benzene rings is 1. The minimum absolute atomic E-state index is 0.0535. The van der Waals surface area contributed by atoms with E-state index in [0.29, 0.717) is 32.6 Å². The van der Waals surface area contributed by atoms with Crippen molar-refractivity contribution in [3.63, 3.8) is 0 Å². The highest BCUT2D eigenvalue weighted by atomic mass is 16.5. The lowest BCUT2D eigenvalue weighted by Gasteiger charge is -2.34. The van der Waals surface area contributed by atoms with Crippen molar-refractivity contribution in [1.29, 1.82) is 0 Å². The van der Waals surface area contributed by atoms with E-state index in [2.05, 4.69) is 0 Å². The second-order valence-electron chi connectivity index (χ2n) is 5.79. The van der Waals surface area contributed by atoms with Crippen molar-refractivity contribution in [2.45, 2.75) is 20.3 Å². The Morgan fingerprint density at radius 3 is 2.22 bits per heavy atom. The lowest BCUT2D eigenvalue weighted by molar-refractivity contribution is -0.132. The van der Waals surface area contributed by atoms with Crippen LogP contribution in [0.1, 0.15) is 16.7 Å². The number of piperazine rings is 1. The molecule has 2 rings (SSSR count). The van der Waals surface area contributed by atoms with Crippen molar-refractivity contribution in [2.75, 3.05) is 40.4 Å². The molecule has 0 atom stereocenters. The second kappa shape index (κ2) is 7.35. The van der Waals surface area contributed by atoms with Crippen LogP contribution in [0.5, 0.6) is 5.75 Å². The van der Waals surface area contributed by atoms with Gasteiger partial charge in [0.15, 0.2) is 0 Å². The summed E-state index contributed by atoms with van der Waals surface area (Å²) in [6.07, 6.45) is -0.0303. The highest BCUT2D eigenvalue weighted by Gasteiger charge is 2.25. The molecule has 2 amide bonds. The molecular formula is C17H24N2O4. The molecule has 0 N–H and O–H groups in total. The summed E-state index contributed by atoms with van der Waals surface area (Å²) in [5, 5.41) is 0. The molecule has 6 heteroatoms. The maximum absolute atomic E-state index is 12.5. The number of amides is 2. The quantitative estimate of drug-likeness (QED) is 0.851. The Labute approximate surface area is 137 Å². The van der Waals surface area contributed by atoms with Crippen molar-refractivity contribution in [2.24, 2.45) is 0 Å². The van der Waals surface area contributed by atoms with Crippen LogP contribution in [-0.2, 0) is 16.0 Å². The summed E-state index contributed by atoms with van der Waals surface area (Å²) in [7, 11) is 2.99. The van der Waals surface area contributed by atoms with Gasteiger partial charge in [-0.2, -0.15) is 0 Å². The first-order chi connectivity index (χ1) is 11.0. The van der Waals surface area contributed by atoms with E-state index in [4.69, 9.17) is 9.47 Å². The molecule has 1 aliphatic heterocycles. The van der Waals surface area contributed by atoms with Crippen LogP contribution >= 0.6 is 0 Å². The van der Waals surface area contributed by atoms with Gasteiger partial charge in [0, 0.05) is 31.7 Å². The lowest BCUT2D eigenvalue weighted by atomic mass is 10.0. The number of aryl methyl sites for hydroxylation is 2. The van der Waals surface area contributed by atoms with Crippen LogP contribution in [-0.4, -0.2) is 62.2 Å². The van der Waals surface area contributed by atoms with Crippen LogP contribution < -0.4 is 4.74 Å². The molecule has 1 saturated heterocycles. The summed E-state index contributed by atoms with van der Waals surface area (Å²) in [6.45, 7) is 6.05. The number of rotatable bonds is 3. The number of hydrogen-bond donors (Lipinski definition) is 0. The van der Waals surface area contributed by atoms with Crippen LogP contribution in [0.2, 0.25) is 0 Å². The van der Waals surface area contributed by atoms with Gasteiger partial charge in [-0.15, -0.1) is 0 Å². The van der Waals surface area contributed by atoms with E-state index in [9.17, 15) is 9.59 Å². The number of methoxy groups -OCH3 is 2. The SMILES string of the molecule is COC(=O)N1CCN(C(=O)Cc2cc(C)cc(C)c2OC)CC1. The molecule has 0 bridgehead atoms. The smallest absolute Gasteiger partial charge is 0.409 e. The lowest BCUT2D eigenvalue weighted by Crippen LogP contribution is -2.50. The van der Waals surface area contributed by atoms with Gasteiger partial charge in [0.2, 0.25) is 5.91 Å². The zero-order chi connectivity index (χ0) is 17.0. The Bertz CT molecular complexity index is 593. The average molecular weight is 320 g/mol. The molecule has 0 radical (unpaired) electrons. The van der Waals surface area contributed by atoms with Gasteiger partial charge in [-0.3, -0.25) is 4.79 Å². The molecule has 1 heterocycles. The van der Waals surface area contributed by atoms with Gasteiger partial charge >= 0.3 is 6.09 Å². The Morgan fingerprint density at radius 2 is 1.65 bits per heavy atom. The molecular weight excluding hydrogens is 296 g/mol. The fourth-order valence-corrected chi connectivity index (χ4v) is 3.01. The van der Waals surface area contributed by atoms with Gasteiger partial charge in [0.1, 0.15) is 5.75 Å². The third kappa shape index (κ3) is 3.94. The summed E-state index contributed by atoms with van der Waals surface area (Å²) >= 11 is 0. The normalized spacial score (nSPS) is 14.6. The fraction of sp³-hybridized carbons (Fsp3) is 0.529. The van der Waals surface area contributed by atoms with E-state index < -0.39 is 0 Å². The van der Waals surface area contributed by atoms with E-state index in [1.165, 1.54) is 7.11 Å². The van der Waals surface area contributed by atoms with Gasteiger partial charge in [-0.1, -0.05) is 17.7 Å². The van der Waals surface area contributed by atoms with Crippen LogP contribution in [0.15, 0.2) is 12.1 Å². The van der Waals surface area contributed by atoms with Crippen LogP contribution in [0.4, 0.5) is 4.79 Å². The maximum atomic E-state index is 12.5. The topological polar surface area (TPSA) is 59.1 Å². The van der Waals surface area contributed by atoms with E-state index in [-0.39, 0.29) is 12.0 Å². The Morgan fingerprint density at radius 1 is 1.04 bits per heavy atom. The molecule has 0 unspecified atom stereocenters. The molecule has 1 fully saturated rings. The van der Waals surface area contributed by atoms with Crippen molar-refractivity contribution in [3.8, 4) is 5.75 Å². The van der Waals surface area contributed by atoms with Crippen molar-refractivity contribution in [1.82, 2.24) is 9.80 Å². The van der Waals surface area contributed by atoms with E-state index in [0.717, 1.165) is 22.4 Å². The van der Waals surface area contributed by atoms with Crippen molar-refractivity contribution in [3.05, 3.63) is 28.8 Å². The predicted octanol–water partition coefficient (Wildman–Crippen LogP) is 1.77. The molecule has 126 valence electrons. The molecule has 6 nitrogen and oxygen atoms in total. The molecule has 23 heavy (non-hydrogen) atoms. The summed E-state index contributed by atoms with van der Waals surface area (Å²) in [6, 6.07) is 4.04.